The van der Waals surface area contributed by atoms with E-state index < -0.39 is 13.2 Å². The number of hydrogen-bond donors (Lipinski definition) is 3. The molecule has 2 aliphatic rings. The molecule has 8 nitrogen and oxygen atoms in total. The lowest BCUT2D eigenvalue weighted by molar-refractivity contribution is -0.131. The first-order valence-electron chi connectivity index (χ1n) is 11.3. The highest BCUT2D eigenvalue weighted by atomic mass is 31.2. The van der Waals surface area contributed by atoms with Crippen LogP contribution >= 0.6 is 7.82 Å². The van der Waals surface area contributed by atoms with Gasteiger partial charge in [-0.25, -0.2) is 4.57 Å². The molecular formula is C24H33N2O6P. The second-order valence-electron chi connectivity index (χ2n) is 8.34. The van der Waals surface area contributed by atoms with Crippen LogP contribution in [0.1, 0.15) is 24.5 Å². The molecule has 2 saturated heterocycles. The van der Waals surface area contributed by atoms with Crippen molar-refractivity contribution >= 4 is 13.7 Å². The third-order valence-electron chi connectivity index (χ3n) is 6.42. The second kappa shape index (κ2) is 11.4. The fraction of sp³-hybridized carbons (Fsp3) is 0.458. The Bertz CT molecular complexity index is 883. The predicted octanol–water partition coefficient (Wildman–Crippen LogP) is 2.24. The third kappa shape index (κ3) is 6.29. The fourth-order valence-electron chi connectivity index (χ4n) is 4.94. The molecule has 2 fully saturated rings. The van der Waals surface area contributed by atoms with Crippen LogP contribution in [0.5, 0.6) is 0 Å². The van der Waals surface area contributed by atoms with Crippen molar-refractivity contribution < 1.29 is 28.8 Å². The monoisotopic (exact) mass is 476 g/mol. The summed E-state index contributed by atoms with van der Waals surface area (Å²) in [5.41, 5.74) is 1.65. The number of likely N-dealkylation sites (tertiary alicyclic amines) is 1. The molecule has 180 valence electrons. The van der Waals surface area contributed by atoms with Crippen LogP contribution in [0.25, 0.3) is 0 Å². The summed E-state index contributed by atoms with van der Waals surface area (Å²) >= 11 is 0. The Balaban J connectivity index is 0.000000555. The second-order valence-corrected chi connectivity index (χ2v) is 9.36. The molecule has 3 N–H and O–H groups in total. The predicted molar refractivity (Wildman–Crippen MR) is 126 cm³/mol. The number of amides is 1. The van der Waals surface area contributed by atoms with Crippen LogP contribution in [0.15, 0.2) is 60.7 Å². The highest BCUT2D eigenvalue weighted by Gasteiger charge is 2.55. The van der Waals surface area contributed by atoms with Gasteiger partial charge in [0.2, 0.25) is 5.91 Å². The maximum atomic E-state index is 13.8. The van der Waals surface area contributed by atoms with Gasteiger partial charge in [0, 0.05) is 32.1 Å². The van der Waals surface area contributed by atoms with Gasteiger partial charge in [0.25, 0.3) is 0 Å². The first-order valence-corrected chi connectivity index (χ1v) is 12.8. The Labute approximate surface area is 195 Å². The highest BCUT2D eigenvalue weighted by molar-refractivity contribution is 7.45. The number of phosphoric acid groups is 1. The molecule has 1 atom stereocenters. The number of rotatable bonds is 6. The Hall–Kier alpha value is -2.06. The normalized spacial score (nSPS) is 20.9. The molecule has 0 radical (unpaired) electrons. The van der Waals surface area contributed by atoms with Crippen molar-refractivity contribution in [2.45, 2.75) is 18.8 Å². The Morgan fingerprint density at radius 3 is 1.91 bits per heavy atom. The van der Waals surface area contributed by atoms with Crippen molar-refractivity contribution in [3.8, 4) is 0 Å². The van der Waals surface area contributed by atoms with Crippen LogP contribution in [0.2, 0.25) is 0 Å². The summed E-state index contributed by atoms with van der Waals surface area (Å²) in [5.74, 6) is 0.506. The first kappa shape index (κ1) is 25.6. The van der Waals surface area contributed by atoms with Gasteiger partial charge >= 0.3 is 7.82 Å². The third-order valence-corrected chi connectivity index (χ3v) is 6.42. The molecule has 0 spiro atoms. The van der Waals surface area contributed by atoms with Crippen LogP contribution in [0, 0.1) is 5.92 Å². The van der Waals surface area contributed by atoms with E-state index in [-0.39, 0.29) is 11.8 Å². The van der Waals surface area contributed by atoms with E-state index in [2.05, 4.69) is 60.4 Å². The molecule has 2 aromatic carbocycles. The topological polar surface area (TPSA) is 111 Å². The van der Waals surface area contributed by atoms with Gasteiger partial charge in [0.15, 0.2) is 0 Å². The summed E-state index contributed by atoms with van der Waals surface area (Å²) < 4.78 is 14.4. The van der Waals surface area contributed by atoms with E-state index in [0.717, 1.165) is 63.5 Å². The zero-order valence-corrected chi connectivity index (χ0v) is 19.8. The summed E-state index contributed by atoms with van der Waals surface area (Å²) in [6.07, 6.45) is 1.01. The molecule has 4 rings (SSSR count). The number of likely N-dealkylation sites (N-methyl/N-ethyl adjacent to an activating group) is 1. The number of morpholine rings is 1. The molecule has 2 aliphatic heterocycles. The van der Waals surface area contributed by atoms with Crippen molar-refractivity contribution in [3.63, 3.8) is 0 Å². The van der Waals surface area contributed by atoms with Crippen molar-refractivity contribution in [1.29, 1.82) is 0 Å². The molecule has 33 heavy (non-hydrogen) atoms. The minimum absolute atomic E-state index is 0.249. The van der Waals surface area contributed by atoms with Crippen LogP contribution in [-0.2, 0) is 19.5 Å². The van der Waals surface area contributed by atoms with E-state index in [1.54, 1.807) is 0 Å². The molecular weight excluding hydrogens is 443 g/mol. The van der Waals surface area contributed by atoms with E-state index in [0.29, 0.717) is 0 Å². The molecule has 0 aliphatic carbocycles. The zero-order chi connectivity index (χ0) is 23.9. The summed E-state index contributed by atoms with van der Waals surface area (Å²) in [4.78, 5) is 39.9. The van der Waals surface area contributed by atoms with Gasteiger partial charge in [0.05, 0.1) is 13.2 Å². The number of benzene rings is 2. The van der Waals surface area contributed by atoms with Crippen LogP contribution in [0.3, 0.4) is 0 Å². The van der Waals surface area contributed by atoms with E-state index in [1.165, 1.54) is 0 Å². The molecule has 0 unspecified atom stereocenters. The fourth-order valence-corrected chi connectivity index (χ4v) is 4.94. The van der Waals surface area contributed by atoms with Crippen molar-refractivity contribution in [3.05, 3.63) is 71.8 Å². The van der Waals surface area contributed by atoms with Gasteiger partial charge in [-0.3, -0.25) is 9.69 Å². The van der Waals surface area contributed by atoms with Crippen molar-refractivity contribution in [2.75, 3.05) is 45.9 Å². The molecule has 0 bridgehead atoms. The molecule has 0 saturated carbocycles. The van der Waals surface area contributed by atoms with Gasteiger partial charge < -0.3 is 24.3 Å². The number of ether oxygens (including phenoxy) is 1. The lowest BCUT2D eigenvalue weighted by Crippen LogP contribution is -2.43. The molecule has 1 amide bonds. The van der Waals surface area contributed by atoms with Crippen molar-refractivity contribution in [2.24, 2.45) is 5.92 Å². The minimum Gasteiger partial charge on any atom is -0.379 e. The SMILES string of the molecule is CCN1C[C@H](CCN2CCOCC2)C(c2ccccc2)(c2ccccc2)C1=O.O=P(O)(O)O. The molecule has 2 aromatic rings. The van der Waals surface area contributed by atoms with Gasteiger partial charge in [-0.2, -0.15) is 0 Å². The minimum atomic E-state index is -4.64. The average molecular weight is 477 g/mol. The number of nitrogens with zero attached hydrogens (tertiary/aromatic N) is 2. The van der Waals surface area contributed by atoms with E-state index in [4.69, 9.17) is 24.0 Å². The van der Waals surface area contributed by atoms with Crippen molar-refractivity contribution in [1.82, 2.24) is 9.80 Å². The Morgan fingerprint density at radius 1 is 0.970 bits per heavy atom. The smallest absolute Gasteiger partial charge is 0.379 e. The van der Waals surface area contributed by atoms with E-state index >= 15 is 0 Å². The van der Waals surface area contributed by atoms with E-state index in [1.807, 2.05) is 17.0 Å². The number of carbonyl (C=O) groups excluding carboxylic acids is 1. The zero-order valence-electron chi connectivity index (χ0n) is 18.9. The maximum absolute atomic E-state index is 13.8. The Kier molecular flexibility index (Phi) is 8.82. The van der Waals surface area contributed by atoms with E-state index in [9.17, 15) is 4.79 Å². The maximum Gasteiger partial charge on any atom is 0.466 e. The van der Waals surface area contributed by atoms with Crippen LogP contribution < -0.4 is 0 Å². The molecule has 9 heteroatoms. The van der Waals surface area contributed by atoms with Gasteiger partial charge in [-0.1, -0.05) is 60.7 Å². The summed E-state index contributed by atoms with van der Waals surface area (Å²) in [5, 5.41) is 0. The quantitative estimate of drug-likeness (QED) is 0.549. The molecule has 2 heterocycles. The standard InChI is InChI=1S/C24H30N2O2.H3O4P/c1-2-26-19-22(13-14-25-15-17-28-18-16-25)24(23(26)27,20-9-5-3-6-10-20)21-11-7-4-8-12-21;1-5(2,3)4/h3-12,22H,2,13-19H2,1H3;(H3,1,2,3,4)/t22-;/m0./s1. The summed E-state index contributed by atoms with van der Waals surface area (Å²) in [7, 11) is -4.64. The lowest BCUT2D eigenvalue weighted by Gasteiger charge is -2.36. The number of carbonyl (C=O) groups is 1. The van der Waals surface area contributed by atoms with Crippen LogP contribution in [-0.4, -0.2) is 76.3 Å². The van der Waals surface area contributed by atoms with Gasteiger partial charge in [-0.15, -0.1) is 0 Å². The first-order chi connectivity index (χ1) is 15.8. The molecule has 0 aromatic heterocycles. The summed E-state index contributed by atoms with van der Waals surface area (Å²) in [6.45, 7) is 8.28. The Morgan fingerprint density at radius 2 is 1.45 bits per heavy atom. The van der Waals surface area contributed by atoms with Gasteiger partial charge in [0.1, 0.15) is 5.41 Å². The highest BCUT2D eigenvalue weighted by Crippen LogP contribution is 2.47. The average Bonchev–Trinajstić information content (AvgIpc) is 3.10. The summed E-state index contributed by atoms with van der Waals surface area (Å²) in [6, 6.07) is 20.8. The van der Waals surface area contributed by atoms with Crippen LogP contribution in [0.4, 0.5) is 0 Å². The van der Waals surface area contributed by atoms with Gasteiger partial charge in [-0.05, 0) is 31.0 Å². The number of hydrogen-bond acceptors (Lipinski definition) is 4. The lowest BCUT2D eigenvalue weighted by atomic mass is 9.66. The largest absolute Gasteiger partial charge is 0.466 e.